The minimum Gasteiger partial charge on any atom is -0.485 e. The van der Waals surface area contributed by atoms with E-state index >= 15 is 0 Å². The highest BCUT2D eigenvalue weighted by molar-refractivity contribution is 7.92. The Morgan fingerprint density at radius 3 is 2.46 bits per heavy atom. The number of carbonyl (C=O) groups is 2. The zero-order valence-corrected chi connectivity index (χ0v) is 23.8. The molecule has 1 aliphatic heterocycles. The number of aliphatic hydroxyl groups excluding tert-OH is 1. The predicted octanol–water partition coefficient (Wildman–Crippen LogP) is 4.01. The first-order valence-electron chi connectivity index (χ1n) is 13.1. The maximum atomic E-state index is 13.6. The molecule has 41 heavy (non-hydrogen) atoms. The number of carbonyl (C=O) groups excluding carboxylic acids is 2. The monoisotopic (exact) mass is 584 g/mol. The van der Waals surface area contributed by atoms with Crippen LogP contribution in [0.5, 0.6) is 5.75 Å². The number of benzene rings is 3. The molecule has 12 heteroatoms. The maximum Gasteiger partial charge on any atom is 0.321 e. The highest BCUT2D eigenvalue weighted by Crippen LogP contribution is 2.36. The molecule has 3 N–H and O–H groups in total. The van der Waals surface area contributed by atoms with Crippen LogP contribution in [0.15, 0.2) is 77.7 Å². The van der Waals surface area contributed by atoms with E-state index in [1.165, 1.54) is 58.3 Å². The van der Waals surface area contributed by atoms with Crippen LogP contribution >= 0.6 is 0 Å². The number of hydrogen-bond donors (Lipinski definition) is 3. The number of aliphatic hydroxyl groups is 1. The third kappa shape index (κ3) is 6.95. The largest absolute Gasteiger partial charge is 0.485 e. The van der Waals surface area contributed by atoms with Gasteiger partial charge in [-0.05, 0) is 55.5 Å². The number of hydrogen-bond acceptors (Lipinski definition) is 6. The lowest BCUT2D eigenvalue weighted by Gasteiger charge is -2.38. The fourth-order valence-corrected chi connectivity index (χ4v) is 5.53. The van der Waals surface area contributed by atoms with Crippen LogP contribution in [0.25, 0.3) is 0 Å². The van der Waals surface area contributed by atoms with E-state index in [-0.39, 0.29) is 47.5 Å². The third-order valence-corrected chi connectivity index (χ3v) is 8.27. The Hall–Kier alpha value is -4.16. The van der Waals surface area contributed by atoms with Crippen molar-refractivity contribution >= 4 is 33.3 Å². The van der Waals surface area contributed by atoms with Gasteiger partial charge in [0.1, 0.15) is 11.9 Å². The molecule has 10 nitrogen and oxygen atoms in total. The van der Waals surface area contributed by atoms with E-state index in [0.29, 0.717) is 5.69 Å². The summed E-state index contributed by atoms with van der Waals surface area (Å²) in [5, 5.41) is 12.6. The van der Waals surface area contributed by atoms with E-state index in [0.717, 1.165) is 0 Å². The summed E-state index contributed by atoms with van der Waals surface area (Å²) in [6.07, 6.45) is -0.679. The molecule has 0 aliphatic carbocycles. The molecule has 3 aromatic rings. The number of likely N-dealkylation sites (N-methyl/N-ethyl adjacent to an activating group) is 1. The number of ether oxygens (including phenoxy) is 1. The van der Waals surface area contributed by atoms with E-state index in [4.69, 9.17) is 4.74 Å². The van der Waals surface area contributed by atoms with Gasteiger partial charge in [-0.1, -0.05) is 31.2 Å². The second-order valence-electron chi connectivity index (χ2n) is 10.0. The molecular weight excluding hydrogens is 551 g/mol. The molecule has 1 heterocycles. The van der Waals surface area contributed by atoms with Crippen molar-refractivity contribution in [1.82, 2.24) is 9.80 Å². The van der Waals surface area contributed by atoms with Gasteiger partial charge in [0.05, 0.1) is 35.3 Å². The molecule has 0 saturated heterocycles. The number of rotatable bonds is 8. The lowest BCUT2D eigenvalue weighted by Crippen LogP contribution is -2.50. The topological polar surface area (TPSA) is 128 Å². The summed E-state index contributed by atoms with van der Waals surface area (Å²) in [5.41, 5.74) is 0.592. The SMILES string of the molecule is C[C@H]1CN([C@@H](C)CO)C(=O)c2cccc(NS(=O)(=O)c3ccccc3)c2O[C@@H]1CN(C)C(=O)Nc1ccc(F)cc1. The molecule has 3 amide bonds. The minimum atomic E-state index is -4.02. The van der Waals surface area contributed by atoms with Crippen molar-refractivity contribution in [2.24, 2.45) is 5.92 Å². The van der Waals surface area contributed by atoms with Gasteiger partial charge in [-0.3, -0.25) is 9.52 Å². The van der Waals surface area contributed by atoms with Gasteiger partial charge in [0.25, 0.3) is 15.9 Å². The average molecular weight is 585 g/mol. The van der Waals surface area contributed by atoms with Gasteiger partial charge in [0.2, 0.25) is 0 Å². The lowest BCUT2D eigenvalue weighted by atomic mass is 9.99. The van der Waals surface area contributed by atoms with E-state index in [9.17, 15) is 27.5 Å². The fraction of sp³-hybridized carbons (Fsp3) is 0.310. The lowest BCUT2D eigenvalue weighted by molar-refractivity contribution is 0.0373. The molecule has 218 valence electrons. The molecular formula is C29H33FN4O6S. The van der Waals surface area contributed by atoms with Crippen LogP contribution in [0.1, 0.15) is 24.2 Å². The fourth-order valence-electron chi connectivity index (χ4n) is 4.45. The average Bonchev–Trinajstić information content (AvgIpc) is 2.96. The van der Waals surface area contributed by atoms with Crippen LogP contribution in [-0.4, -0.2) is 74.2 Å². The molecule has 0 aromatic heterocycles. The van der Waals surface area contributed by atoms with Crippen LogP contribution in [0.2, 0.25) is 0 Å². The Labute approximate surface area is 238 Å². The minimum absolute atomic E-state index is 0.0241. The van der Waals surface area contributed by atoms with Gasteiger partial charge in [0.15, 0.2) is 5.75 Å². The standard InChI is InChI=1S/C29H33FN4O6S/c1-19-16-34(20(2)18-35)28(36)24-10-7-11-25(32-41(38,39)23-8-5-4-6-9-23)27(24)40-26(19)17-33(3)29(37)31-22-14-12-21(30)13-15-22/h4-15,19-20,26,32,35H,16-18H2,1-3H3,(H,31,37)/t19-,20-,26+/m0/s1. The normalized spacial score (nSPS) is 17.9. The van der Waals surface area contributed by atoms with Gasteiger partial charge in [-0.2, -0.15) is 0 Å². The van der Waals surface area contributed by atoms with Crippen molar-refractivity contribution in [3.63, 3.8) is 0 Å². The van der Waals surface area contributed by atoms with Crippen LogP contribution in [0.4, 0.5) is 20.6 Å². The first kappa shape index (κ1) is 29.8. The molecule has 0 fully saturated rings. The zero-order chi connectivity index (χ0) is 29.7. The van der Waals surface area contributed by atoms with Crippen LogP contribution < -0.4 is 14.8 Å². The number of nitrogens with one attached hydrogen (secondary N) is 2. The first-order valence-corrected chi connectivity index (χ1v) is 14.6. The van der Waals surface area contributed by atoms with Gasteiger partial charge >= 0.3 is 6.03 Å². The summed E-state index contributed by atoms with van der Waals surface area (Å²) in [4.78, 5) is 29.5. The van der Waals surface area contributed by atoms with E-state index in [1.54, 1.807) is 38.2 Å². The van der Waals surface area contributed by atoms with Crippen molar-refractivity contribution < 1.29 is 32.2 Å². The molecule has 0 bridgehead atoms. The number of nitrogens with zero attached hydrogens (tertiary/aromatic N) is 2. The van der Waals surface area contributed by atoms with Crippen molar-refractivity contribution in [3.8, 4) is 5.75 Å². The Kier molecular flexibility index (Phi) is 9.14. The summed E-state index contributed by atoms with van der Waals surface area (Å²) in [5.74, 6) is -1.16. The molecule has 0 saturated carbocycles. The Balaban J connectivity index is 1.68. The quantitative estimate of drug-likeness (QED) is 0.367. The van der Waals surface area contributed by atoms with Crippen molar-refractivity contribution in [3.05, 3.63) is 84.2 Å². The molecule has 1 aliphatic rings. The molecule has 0 radical (unpaired) electrons. The molecule has 0 unspecified atom stereocenters. The predicted molar refractivity (Wildman–Crippen MR) is 153 cm³/mol. The van der Waals surface area contributed by atoms with Crippen molar-refractivity contribution in [2.45, 2.75) is 30.9 Å². The first-order chi connectivity index (χ1) is 19.5. The highest BCUT2D eigenvalue weighted by atomic mass is 32.2. The number of fused-ring (bicyclic) bond motifs is 1. The summed E-state index contributed by atoms with van der Waals surface area (Å²) >= 11 is 0. The molecule has 3 aromatic carbocycles. The number of amides is 3. The van der Waals surface area contributed by atoms with E-state index < -0.39 is 39.9 Å². The second-order valence-corrected chi connectivity index (χ2v) is 11.7. The second kappa shape index (κ2) is 12.6. The van der Waals surface area contributed by atoms with Gasteiger partial charge < -0.3 is 25.0 Å². The number of halogens is 1. The van der Waals surface area contributed by atoms with Crippen molar-refractivity contribution in [2.75, 3.05) is 36.8 Å². The van der Waals surface area contributed by atoms with E-state index in [2.05, 4.69) is 10.0 Å². The Morgan fingerprint density at radius 1 is 1.12 bits per heavy atom. The summed E-state index contributed by atoms with van der Waals surface area (Å²) in [6, 6.07) is 16.7. The summed E-state index contributed by atoms with van der Waals surface area (Å²) in [6.45, 7) is 3.58. The third-order valence-electron chi connectivity index (χ3n) is 6.88. The molecule has 3 atom stereocenters. The van der Waals surface area contributed by atoms with Gasteiger partial charge in [0, 0.05) is 25.2 Å². The van der Waals surface area contributed by atoms with Crippen molar-refractivity contribution in [1.29, 1.82) is 0 Å². The number of sulfonamides is 1. The number of anilines is 2. The van der Waals surface area contributed by atoms with Crippen LogP contribution in [-0.2, 0) is 10.0 Å². The Bertz CT molecular complexity index is 1490. The summed E-state index contributed by atoms with van der Waals surface area (Å²) in [7, 11) is -2.45. The number of urea groups is 1. The molecule has 0 spiro atoms. The summed E-state index contributed by atoms with van der Waals surface area (Å²) < 4.78 is 48.5. The Morgan fingerprint density at radius 2 is 1.80 bits per heavy atom. The zero-order valence-electron chi connectivity index (χ0n) is 23.0. The van der Waals surface area contributed by atoms with Gasteiger partial charge in [-0.25, -0.2) is 17.6 Å². The number of para-hydroxylation sites is 1. The van der Waals surface area contributed by atoms with Crippen LogP contribution in [0.3, 0.4) is 0 Å². The molecule has 4 rings (SSSR count). The highest BCUT2D eigenvalue weighted by Gasteiger charge is 2.35. The smallest absolute Gasteiger partial charge is 0.321 e. The van der Waals surface area contributed by atoms with E-state index in [1.807, 2.05) is 6.92 Å². The van der Waals surface area contributed by atoms with Crippen LogP contribution in [0, 0.1) is 11.7 Å². The van der Waals surface area contributed by atoms with Gasteiger partial charge in [-0.15, -0.1) is 0 Å². The maximum absolute atomic E-state index is 13.6.